The Labute approximate surface area is 161 Å². The average molecular weight is 390 g/mol. The Morgan fingerprint density at radius 1 is 1.04 bits per heavy atom. The molecule has 2 N–H and O–H groups in total. The highest BCUT2D eigenvalue weighted by molar-refractivity contribution is 5.91. The number of nitrogens with one attached hydrogen (secondary N) is 2. The van der Waals surface area contributed by atoms with Gasteiger partial charge < -0.3 is 19.9 Å². The van der Waals surface area contributed by atoms with Crippen LogP contribution in [0.1, 0.15) is 0 Å². The van der Waals surface area contributed by atoms with Gasteiger partial charge in [0.15, 0.2) is 13.2 Å². The molecule has 0 atom stereocenters. The number of anilines is 1. The molecule has 6 nitrogen and oxygen atoms in total. The third-order valence-electron chi connectivity index (χ3n) is 4.52. The Morgan fingerprint density at radius 3 is 2.43 bits per heavy atom. The number of piperazine rings is 1. The number of halogens is 2. The van der Waals surface area contributed by atoms with Crippen molar-refractivity contribution < 1.29 is 28.0 Å². The molecule has 2 aromatic rings. The maximum absolute atomic E-state index is 13.2. The molecule has 0 unspecified atom stereocenters. The minimum Gasteiger partial charge on any atom is -0.484 e. The van der Waals surface area contributed by atoms with E-state index in [9.17, 15) is 18.4 Å². The van der Waals surface area contributed by atoms with Gasteiger partial charge in [-0.2, -0.15) is 0 Å². The van der Waals surface area contributed by atoms with Crippen molar-refractivity contribution in [1.82, 2.24) is 4.90 Å². The number of benzene rings is 2. The molecule has 1 heterocycles. The van der Waals surface area contributed by atoms with E-state index < -0.39 is 5.82 Å². The maximum Gasteiger partial charge on any atom is 0.279 e. The van der Waals surface area contributed by atoms with Crippen LogP contribution in [0.15, 0.2) is 48.5 Å². The van der Waals surface area contributed by atoms with Crippen LogP contribution in [0.3, 0.4) is 0 Å². The molecule has 8 heteroatoms. The van der Waals surface area contributed by atoms with E-state index in [4.69, 9.17) is 4.74 Å². The van der Waals surface area contributed by atoms with Gasteiger partial charge in [0, 0.05) is 5.69 Å². The third-order valence-corrected chi connectivity index (χ3v) is 4.52. The molecular weight excluding hydrogens is 368 g/mol. The zero-order valence-electron chi connectivity index (χ0n) is 15.3. The molecule has 3 rings (SSSR count). The van der Waals surface area contributed by atoms with Crippen LogP contribution in [0, 0.1) is 11.6 Å². The van der Waals surface area contributed by atoms with E-state index >= 15 is 0 Å². The van der Waals surface area contributed by atoms with Crippen molar-refractivity contribution >= 4 is 17.5 Å². The summed E-state index contributed by atoms with van der Waals surface area (Å²) in [5, 5.41) is 2.68. The number of nitrogens with zero attached hydrogens (tertiary/aromatic N) is 1. The molecule has 2 amide bonds. The summed E-state index contributed by atoms with van der Waals surface area (Å²) in [6, 6.07) is 11.3. The molecule has 1 aliphatic heterocycles. The lowest BCUT2D eigenvalue weighted by Crippen LogP contribution is -3.15. The molecule has 0 aromatic heterocycles. The lowest BCUT2D eigenvalue weighted by atomic mass is 10.3. The van der Waals surface area contributed by atoms with E-state index in [0.29, 0.717) is 37.6 Å². The molecule has 0 aliphatic carbocycles. The lowest BCUT2D eigenvalue weighted by Gasteiger charge is -2.31. The molecule has 1 saturated heterocycles. The molecule has 148 valence electrons. The van der Waals surface area contributed by atoms with Crippen molar-refractivity contribution in [3.8, 4) is 5.75 Å². The van der Waals surface area contributed by atoms with Gasteiger partial charge in [-0.3, -0.25) is 9.59 Å². The minimum absolute atomic E-state index is 0.110. The number of carbonyl (C=O) groups excluding carboxylic acids is 2. The van der Waals surface area contributed by atoms with E-state index in [1.165, 1.54) is 42.5 Å². The fraction of sp³-hybridized carbons (Fsp3) is 0.300. The van der Waals surface area contributed by atoms with Crippen LogP contribution in [-0.2, 0) is 9.59 Å². The topological polar surface area (TPSA) is 63.1 Å². The van der Waals surface area contributed by atoms with Crippen LogP contribution in [0.2, 0.25) is 0 Å². The first-order valence-electron chi connectivity index (χ1n) is 9.05. The van der Waals surface area contributed by atoms with Crippen molar-refractivity contribution in [3.63, 3.8) is 0 Å². The molecule has 0 spiro atoms. The molecule has 0 saturated carbocycles. The van der Waals surface area contributed by atoms with Crippen molar-refractivity contribution in [1.29, 1.82) is 0 Å². The first-order valence-corrected chi connectivity index (χ1v) is 9.05. The number of ether oxygens (including phenoxy) is 1. The number of rotatable bonds is 6. The second-order valence-corrected chi connectivity index (χ2v) is 6.61. The smallest absolute Gasteiger partial charge is 0.279 e. The highest BCUT2D eigenvalue weighted by atomic mass is 19.1. The summed E-state index contributed by atoms with van der Waals surface area (Å²) in [5.41, 5.74) is 0.427. The van der Waals surface area contributed by atoms with E-state index in [-0.39, 0.29) is 30.8 Å². The van der Waals surface area contributed by atoms with Crippen molar-refractivity contribution in [2.75, 3.05) is 44.6 Å². The third kappa shape index (κ3) is 5.75. The minimum atomic E-state index is -0.403. The van der Waals surface area contributed by atoms with Crippen LogP contribution in [0.25, 0.3) is 0 Å². The van der Waals surface area contributed by atoms with Gasteiger partial charge in [0.25, 0.3) is 11.8 Å². The Balaban J connectivity index is 1.39. The van der Waals surface area contributed by atoms with E-state index in [0.717, 1.165) is 4.90 Å². The quantitative estimate of drug-likeness (QED) is 0.764. The monoisotopic (exact) mass is 390 g/mol. The second kappa shape index (κ2) is 9.27. The predicted octanol–water partition coefficient (Wildman–Crippen LogP) is 0.709. The summed E-state index contributed by atoms with van der Waals surface area (Å²) in [6.45, 7) is 2.46. The Bertz CT molecular complexity index is 822. The molecule has 1 fully saturated rings. The number of hydrogen-bond acceptors (Lipinski definition) is 3. The maximum atomic E-state index is 13.2. The normalized spacial score (nSPS) is 14.6. The molecular formula is C20H22F2N3O3+. The Morgan fingerprint density at radius 2 is 1.75 bits per heavy atom. The zero-order valence-corrected chi connectivity index (χ0v) is 15.3. The van der Waals surface area contributed by atoms with Crippen LogP contribution in [0.4, 0.5) is 14.5 Å². The zero-order chi connectivity index (χ0) is 19.9. The summed E-state index contributed by atoms with van der Waals surface area (Å²) in [4.78, 5) is 27.1. The van der Waals surface area contributed by atoms with Crippen molar-refractivity contribution in [2.24, 2.45) is 0 Å². The summed E-state index contributed by atoms with van der Waals surface area (Å²) in [6.07, 6.45) is 0. The van der Waals surface area contributed by atoms with Gasteiger partial charge in [-0.25, -0.2) is 8.78 Å². The van der Waals surface area contributed by atoms with Gasteiger partial charge in [0.1, 0.15) is 17.4 Å². The molecule has 2 aromatic carbocycles. The van der Waals surface area contributed by atoms with E-state index in [2.05, 4.69) is 5.32 Å². The average Bonchev–Trinajstić information content (AvgIpc) is 2.68. The number of carbonyl (C=O) groups is 2. The van der Waals surface area contributed by atoms with Crippen LogP contribution >= 0.6 is 0 Å². The number of quaternary nitrogens is 1. The number of hydrogen-bond donors (Lipinski definition) is 2. The molecule has 28 heavy (non-hydrogen) atoms. The van der Waals surface area contributed by atoms with E-state index in [1.54, 1.807) is 11.0 Å². The summed E-state index contributed by atoms with van der Waals surface area (Å²) in [7, 11) is 0. The highest BCUT2D eigenvalue weighted by Gasteiger charge is 2.25. The Hall–Kier alpha value is -3.00. The molecule has 1 aliphatic rings. The molecule has 0 bridgehead atoms. The van der Waals surface area contributed by atoms with Crippen molar-refractivity contribution in [2.45, 2.75) is 0 Å². The lowest BCUT2D eigenvalue weighted by molar-refractivity contribution is -0.895. The fourth-order valence-corrected chi connectivity index (χ4v) is 3.01. The molecule has 0 radical (unpaired) electrons. The van der Waals surface area contributed by atoms with Crippen LogP contribution in [0.5, 0.6) is 5.75 Å². The standard InChI is InChI=1S/C20H21F2N3O3/c21-15-4-6-18(7-5-15)28-14-20(27)25-10-8-24(9-11-25)13-19(26)23-17-3-1-2-16(22)12-17/h1-7,12H,8-11,13-14H2,(H,23,26)/p+1. The van der Waals surface area contributed by atoms with Gasteiger partial charge in [0.2, 0.25) is 0 Å². The van der Waals surface area contributed by atoms with Gasteiger partial charge in [0.05, 0.1) is 26.2 Å². The van der Waals surface area contributed by atoms with Gasteiger partial charge in [-0.05, 0) is 42.5 Å². The van der Waals surface area contributed by atoms with Gasteiger partial charge in [-0.1, -0.05) is 6.07 Å². The first kappa shape index (κ1) is 19.8. The SMILES string of the molecule is O=C(C[NH+]1CCN(C(=O)COc2ccc(F)cc2)CC1)Nc1cccc(F)c1. The Kier molecular flexibility index (Phi) is 6.54. The van der Waals surface area contributed by atoms with Gasteiger partial charge in [-0.15, -0.1) is 0 Å². The fourth-order valence-electron chi connectivity index (χ4n) is 3.01. The largest absolute Gasteiger partial charge is 0.484 e. The van der Waals surface area contributed by atoms with Gasteiger partial charge >= 0.3 is 0 Å². The summed E-state index contributed by atoms with van der Waals surface area (Å²) >= 11 is 0. The van der Waals surface area contributed by atoms with E-state index in [1.807, 2.05) is 0 Å². The summed E-state index contributed by atoms with van der Waals surface area (Å²) in [5.74, 6) is -0.667. The number of amides is 2. The van der Waals surface area contributed by atoms with Crippen LogP contribution < -0.4 is 15.0 Å². The highest BCUT2D eigenvalue weighted by Crippen LogP contribution is 2.11. The second-order valence-electron chi connectivity index (χ2n) is 6.61. The summed E-state index contributed by atoms with van der Waals surface area (Å²) < 4.78 is 31.4. The first-order chi connectivity index (χ1) is 13.5. The van der Waals surface area contributed by atoms with Crippen molar-refractivity contribution in [3.05, 3.63) is 60.2 Å². The van der Waals surface area contributed by atoms with Crippen LogP contribution in [-0.4, -0.2) is 56.0 Å². The predicted molar refractivity (Wildman–Crippen MR) is 99.1 cm³/mol.